The number of hydrogen-bond acceptors (Lipinski definition) is 2. The molecule has 15 heavy (non-hydrogen) atoms. The predicted octanol–water partition coefficient (Wildman–Crippen LogP) is 4.17. The monoisotopic (exact) mass is 292 g/mol. The molecule has 0 aliphatic rings. The first-order valence-electron chi connectivity index (χ1n) is 4.87. The zero-order chi connectivity index (χ0) is 11.3. The average molecular weight is 294 g/mol. The maximum atomic E-state index is 5.91. The smallest absolute Gasteiger partial charge is 0.183 e. The predicted molar refractivity (Wildman–Crippen MR) is 65.1 cm³/mol. The fourth-order valence-corrected chi connectivity index (χ4v) is 1.72. The third kappa shape index (κ3) is 3.76. The van der Waals surface area contributed by atoms with Gasteiger partial charge in [-0.05, 0) is 41.9 Å². The Balaban J connectivity index is 2.85. The summed E-state index contributed by atoms with van der Waals surface area (Å²) < 4.78 is 11.8. The van der Waals surface area contributed by atoms with Gasteiger partial charge in [-0.15, -0.1) is 0 Å². The molecule has 0 saturated heterocycles. The molecular weight excluding hydrogens is 279 g/mol. The zero-order valence-corrected chi connectivity index (χ0v) is 11.1. The van der Waals surface area contributed by atoms with Crippen LogP contribution in [0.5, 0.6) is 0 Å². The van der Waals surface area contributed by atoms with Gasteiger partial charge in [-0.25, -0.2) is 0 Å². The SMILES string of the molecule is CCOC(OCC)c1ccc(Cl)c(Br)c1. The van der Waals surface area contributed by atoms with Crippen LogP contribution in [0.1, 0.15) is 25.7 Å². The summed E-state index contributed by atoms with van der Waals surface area (Å²) >= 11 is 9.28. The van der Waals surface area contributed by atoms with Crippen LogP contribution in [-0.2, 0) is 9.47 Å². The van der Waals surface area contributed by atoms with Crippen LogP contribution in [0.4, 0.5) is 0 Å². The van der Waals surface area contributed by atoms with Gasteiger partial charge in [-0.3, -0.25) is 0 Å². The summed E-state index contributed by atoms with van der Waals surface area (Å²) in [5.41, 5.74) is 0.968. The lowest BCUT2D eigenvalue weighted by Gasteiger charge is -2.17. The van der Waals surface area contributed by atoms with Gasteiger partial charge in [0, 0.05) is 23.2 Å². The van der Waals surface area contributed by atoms with Crippen molar-refractivity contribution in [2.24, 2.45) is 0 Å². The Kier molecular flexibility index (Phi) is 5.61. The quantitative estimate of drug-likeness (QED) is 0.758. The van der Waals surface area contributed by atoms with E-state index in [4.69, 9.17) is 21.1 Å². The summed E-state index contributed by atoms with van der Waals surface area (Å²) in [6.07, 6.45) is -0.312. The van der Waals surface area contributed by atoms with Crippen molar-refractivity contribution in [2.45, 2.75) is 20.1 Å². The lowest BCUT2D eigenvalue weighted by Crippen LogP contribution is -2.08. The topological polar surface area (TPSA) is 18.5 Å². The largest absolute Gasteiger partial charge is 0.349 e. The highest BCUT2D eigenvalue weighted by molar-refractivity contribution is 9.10. The van der Waals surface area contributed by atoms with E-state index < -0.39 is 0 Å². The number of ether oxygens (including phenoxy) is 2. The average Bonchev–Trinajstić information content (AvgIpc) is 2.22. The highest BCUT2D eigenvalue weighted by Crippen LogP contribution is 2.28. The molecule has 84 valence electrons. The number of hydrogen-bond donors (Lipinski definition) is 0. The van der Waals surface area contributed by atoms with Crippen molar-refractivity contribution in [3.05, 3.63) is 33.3 Å². The van der Waals surface area contributed by atoms with E-state index in [0.717, 1.165) is 10.0 Å². The summed E-state index contributed by atoms with van der Waals surface area (Å²) in [4.78, 5) is 0. The lowest BCUT2D eigenvalue weighted by molar-refractivity contribution is -0.140. The van der Waals surface area contributed by atoms with Gasteiger partial charge in [0.1, 0.15) is 0 Å². The van der Waals surface area contributed by atoms with Gasteiger partial charge in [0.15, 0.2) is 6.29 Å². The first kappa shape index (κ1) is 13.0. The van der Waals surface area contributed by atoms with Gasteiger partial charge in [0.25, 0.3) is 0 Å². The van der Waals surface area contributed by atoms with Crippen LogP contribution in [-0.4, -0.2) is 13.2 Å². The number of halogens is 2. The maximum absolute atomic E-state index is 5.91. The number of benzene rings is 1. The van der Waals surface area contributed by atoms with Crippen molar-refractivity contribution >= 4 is 27.5 Å². The molecule has 0 unspecified atom stereocenters. The minimum atomic E-state index is -0.312. The van der Waals surface area contributed by atoms with Crippen LogP contribution >= 0.6 is 27.5 Å². The van der Waals surface area contributed by atoms with E-state index in [-0.39, 0.29) is 6.29 Å². The summed E-state index contributed by atoms with van der Waals surface area (Å²) in [6.45, 7) is 5.11. The highest BCUT2D eigenvalue weighted by Gasteiger charge is 2.12. The molecule has 1 rings (SSSR count). The van der Waals surface area contributed by atoms with E-state index in [1.54, 1.807) is 0 Å². The molecule has 1 aromatic carbocycles. The van der Waals surface area contributed by atoms with Gasteiger partial charge in [-0.1, -0.05) is 17.7 Å². The Hall–Kier alpha value is -0.0900. The van der Waals surface area contributed by atoms with Gasteiger partial charge in [0.2, 0.25) is 0 Å². The molecule has 0 spiro atoms. The Morgan fingerprint density at radius 3 is 2.33 bits per heavy atom. The van der Waals surface area contributed by atoms with Crippen molar-refractivity contribution < 1.29 is 9.47 Å². The Labute approximate surface area is 104 Å². The van der Waals surface area contributed by atoms with Crippen molar-refractivity contribution in [1.82, 2.24) is 0 Å². The Morgan fingerprint density at radius 2 is 1.87 bits per heavy atom. The molecule has 0 saturated carbocycles. The molecule has 2 nitrogen and oxygen atoms in total. The molecule has 0 heterocycles. The van der Waals surface area contributed by atoms with Crippen molar-refractivity contribution in [1.29, 1.82) is 0 Å². The van der Waals surface area contributed by atoms with E-state index in [2.05, 4.69) is 15.9 Å². The van der Waals surface area contributed by atoms with Crippen LogP contribution in [0.3, 0.4) is 0 Å². The molecule has 0 N–H and O–H groups in total. The van der Waals surface area contributed by atoms with E-state index in [9.17, 15) is 0 Å². The zero-order valence-electron chi connectivity index (χ0n) is 8.80. The summed E-state index contributed by atoms with van der Waals surface area (Å²) in [6, 6.07) is 5.65. The first-order valence-corrected chi connectivity index (χ1v) is 6.04. The molecule has 0 bridgehead atoms. The molecule has 0 radical (unpaired) electrons. The van der Waals surface area contributed by atoms with Crippen LogP contribution in [0.15, 0.2) is 22.7 Å². The highest BCUT2D eigenvalue weighted by atomic mass is 79.9. The van der Waals surface area contributed by atoms with Crippen LogP contribution < -0.4 is 0 Å². The van der Waals surface area contributed by atoms with Gasteiger partial charge in [0.05, 0.1) is 5.02 Å². The minimum absolute atomic E-state index is 0.312. The molecule has 4 heteroatoms. The number of rotatable bonds is 5. The minimum Gasteiger partial charge on any atom is -0.349 e. The standard InChI is InChI=1S/C11H14BrClO2/c1-3-14-11(15-4-2)8-5-6-10(13)9(12)7-8/h5-7,11H,3-4H2,1-2H3. The van der Waals surface area contributed by atoms with Crippen LogP contribution in [0, 0.1) is 0 Å². The van der Waals surface area contributed by atoms with Crippen molar-refractivity contribution in [3.8, 4) is 0 Å². The van der Waals surface area contributed by atoms with Crippen molar-refractivity contribution in [2.75, 3.05) is 13.2 Å². The van der Waals surface area contributed by atoms with Gasteiger partial charge in [-0.2, -0.15) is 0 Å². The molecule has 0 aliphatic heterocycles. The summed E-state index contributed by atoms with van der Waals surface area (Å²) in [5, 5.41) is 0.686. The first-order chi connectivity index (χ1) is 7.19. The van der Waals surface area contributed by atoms with E-state index in [1.807, 2.05) is 32.0 Å². The molecule has 0 aliphatic carbocycles. The molecular formula is C11H14BrClO2. The van der Waals surface area contributed by atoms with E-state index >= 15 is 0 Å². The second-order valence-corrected chi connectivity index (χ2v) is 4.18. The van der Waals surface area contributed by atoms with Gasteiger partial charge < -0.3 is 9.47 Å². The fraction of sp³-hybridized carbons (Fsp3) is 0.455. The molecule has 1 aromatic rings. The van der Waals surface area contributed by atoms with Crippen molar-refractivity contribution in [3.63, 3.8) is 0 Å². The normalized spacial score (nSPS) is 11.0. The molecule has 0 atom stereocenters. The second-order valence-electron chi connectivity index (χ2n) is 2.92. The second kappa shape index (κ2) is 6.48. The maximum Gasteiger partial charge on any atom is 0.183 e. The lowest BCUT2D eigenvalue weighted by atomic mass is 10.2. The Bertz CT molecular complexity index is 311. The molecule has 0 aromatic heterocycles. The third-order valence-corrected chi connectivity index (χ3v) is 3.07. The summed E-state index contributed by atoms with van der Waals surface area (Å²) in [5.74, 6) is 0. The third-order valence-electron chi connectivity index (χ3n) is 1.85. The fourth-order valence-electron chi connectivity index (χ4n) is 1.20. The van der Waals surface area contributed by atoms with E-state index in [1.165, 1.54) is 0 Å². The van der Waals surface area contributed by atoms with Gasteiger partial charge >= 0.3 is 0 Å². The molecule has 0 fully saturated rings. The Morgan fingerprint density at radius 1 is 1.27 bits per heavy atom. The summed E-state index contributed by atoms with van der Waals surface area (Å²) in [7, 11) is 0. The molecule has 0 amide bonds. The van der Waals surface area contributed by atoms with Crippen LogP contribution in [0.25, 0.3) is 0 Å². The van der Waals surface area contributed by atoms with E-state index in [0.29, 0.717) is 18.2 Å². The van der Waals surface area contributed by atoms with Crippen LogP contribution in [0.2, 0.25) is 5.02 Å².